The number of rotatable bonds is 24. The van der Waals surface area contributed by atoms with Gasteiger partial charge in [-0.3, -0.25) is 4.79 Å². The fraction of sp³-hybridized carbons (Fsp3) is 0.964. The lowest BCUT2D eigenvalue weighted by Crippen LogP contribution is -2.13. The van der Waals surface area contributed by atoms with Gasteiger partial charge >= 0.3 is 5.97 Å². The first kappa shape index (κ1) is 29.5. The maximum Gasteiger partial charge on any atom is 0.306 e. The van der Waals surface area contributed by atoms with Crippen molar-refractivity contribution < 1.29 is 9.90 Å². The van der Waals surface area contributed by atoms with Gasteiger partial charge in [0.05, 0.1) is 5.92 Å². The van der Waals surface area contributed by atoms with Crippen LogP contribution in [0.4, 0.5) is 0 Å². The lowest BCUT2D eigenvalue weighted by Gasteiger charge is -2.12. The second-order valence-corrected chi connectivity index (χ2v) is 10.2. The summed E-state index contributed by atoms with van der Waals surface area (Å²) >= 11 is 0. The standard InChI is InChI=1S/C28H56O2/c1-4-5-6-7-8-15-18-21-24-27(28(29)30)25-22-19-16-13-11-9-10-12-14-17-20-23-26(2)3/h26-27H,4-25H2,1-3H3,(H,29,30). The van der Waals surface area contributed by atoms with Gasteiger partial charge in [-0.25, -0.2) is 0 Å². The number of hydrogen-bond donors (Lipinski definition) is 1. The van der Waals surface area contributed by atoms with Crippen molar-refractivity contribution in [2.24, 2.45) is 11.8 Å². The molecule has 0 aliphatic carbocycles. The van der Waals surface area contributed by atoms with Crippen LogP contribution in [-0.2, 0) is 4.79 Å². The second-order valence-electron chi connectivity index (χ2n) is 10.2. The molecule has 2 heteroatoms. The first-order chi connectivity index (χ1) is 14.6. The largest absolute Gasteiger partial charge is 0.481 e. The van der Waals surface area contributed by atoms with Crippen LogP contribution >= 0.6 is 0 Å². The smallest absolute Gasteiger partial charge is 0.306 e. The fourth-order valence-corrected chi connectivity index (χ4v) is 4.45. The third kappa shape index (κ3) is 22.2. The van der Waals surface area contributed by atoms with E-state index in [9.17, 15) is 9.90 Å². The predicted molar refractivity (Wildman–Crippen MR) is 133 cm³/mol. The van der Waals surface area contributed by atoms with Gasteiger partial charge in [0, 0.05) is 0 Å². The predicted octanol–water partition coefficient (Wildman–Crippen LogP) is 9.95. The lowest BCUT2D eigenvalue weighted by molar-refractivity contribution is -0.142. The summed E-state index contributed by atoms with van der Waals surface area (Å²) < 4.78 is 0. The average Bonchev–Trinajstić information content (AvgIpc) is 2.71. The lowest BCUT2D eigenvalue weighted by atomic mass is 9.94. The molecule has 0 fully saturated rings. The minimum atomic E-state index is -0.564. The number of hydrogen-bond acceptors (Lipinski definition) is 1. The number of aliphatic carboxylic acids is 1. The monoisotopic (exact) mass is 424 g/mol. The summed E-state index contributed by atoms with van der Waals surface area (Å²) in [5, 5.41) is 9.48. The zero-order valence-electron chi connectivity index (χ0n) is 21.1. The third-order valence-corrected chi connectivity index (χ3v) is 6.59. The summed E-state index contributed by atoms with van der Waals surface area (Å²) in [7, 11) is 0. The Labute approximate surface area is 190 Å². The number of carboxylic acids is 1. The van der Waals surface area contributed by atoms with Crippen LogP contribution < -0.4 is 0 Å². The Kier molecular flexibility index (Phi) is 22.7. The van der Waals surface area contributed by atoms with Crippen LogP contribution in [-0.4, -0.2) is 11.1 Å². The molecule has 0 aliphatic heterocycles. The van der Waals surface area contributed by atoms with E-state index in [-0.39, 0.29) is 5.92 Å². The molecular formula is C28H56O2. The highest BCUT2D eigenvalue weighted by atomic mass is 16.4. The number of unbranched alkanes of at least 4 members (excludes halogenated alkanes) is 17. The Morgan fingerprint density at radius 2 is 0.833 bits per heavy atom. The average molecular weight is 425 g/mol. The van der Waals surface area contributed by atoms with Gasteiger partial charge < -0.3 is 5.11 Å². The van der Waals surface area contributed by atoms with Gasteiger partial charge in [-0.15, -0.1) is 0 Å². The summed E-state index contributed by atoms with van der Waals surface area (Å²) in [6.45, 7) is 6.89. The Hall–Kier alpha value is -0.530. The van der Waals surface area contributed by atoms with Crippen LogP contribution in [0.3, 0.4) is 0 Å². The SMILES string of the molecule is CCCCCCCCCCC(CCCCCCCCCCCCCC(C)C)C(=O)O. The molecule has 180 valence electrons. The van der Waals surface area contributed by atoms with E-state index >= 15 is 0 Å². The molecule has 1 N–H and O–H groups in total. The number of carboxylic acid groups (broad SMARTS) is 1. The van der Waals surface area contributed by atoms with E-state index in [1.807, 2.05) is 0 Å². The second kappa shape index (κ2) is 23.1. The Bertz CT molecular complexity index is 351. The quantitative estimate of drug-likeness (QED) is 0.156. The van der Waals surface area contributed by atoms with Gasteiger partial charge in [-0.1, -0.05) is 149 Å². The first-order valence-corrected chi connectivity index (χ1v) is 13.8. The number of carbonyl (C=O) groups is 1. The summed E-state index contributed by atoms with van der Waals surface area (Å²) in [4.78, 5) is 11.5. The van der Waals surface area contributed by atoms with E-state index in [0.717, 1.165) is 31.6 Å². The molecule has 2 nitrogen and oxygen atoms in total. The van der Waals surface area contributed by atoms with Crippen LogP contribution in [0.25, 0.3) is 0 Å². The van der Waals surface area contributed by atoms with Crippen molar-refractivity contribution in [2.45, 2.75) is 162 Å². The van der Waals surface area contributed by atoms with E-state index in [0.29, 0.717) is 0 Å². The Morgan fingerprint density at radius 3 is 1.13 bits per heavy atom. The van der Waals surface area contributed by atoms with Crippen LogP contribution in [0.5, 0.6) is 0 Å². The summed E-state index contributed by atoms with van der Waals surface area (Å²) in [6.07, 6.45) is 28.3. The molecule has 0 radical (unpaired) electrons. The van der Waals surface area contributed by atoms with E-state index in [1.165, 1.54) is 116 Å². The van der Waals surface area contributed by atoms with Gasteiger partial charge in [-0.05, 0) is 18.8 Å². The van der Waals surface area contributed by atoms with Gasteiger partial charge in [0.2, 0.25) is 0 Å². The van der Waals surface area contributed by atoms with E-state index in [4.69, 9.17) is 0 Å². The molecule has 1 atom stereocenters. The molecule has 0 saturated heterocycles. The van der Waals surface area contributed by atoms with E-state index in [2.05, 4.69) is 20.8 Å². The maximum absolute atomic E-state index is 11.5. The first-order valence-electron chi connectivity index (χ1n) is 13.8. The topological polar surface area (TPSA) is 37.3 Å². The Morgan fingerprint density at radius 1 is 0.533 bits per heavy atom. The molecule has 1 unspecified atom stereocenters. The molecule has 0 rings (SSSR count). The minimum absolute atomic E-state index is 0.0965. The van der Waals surface area contributed by atoms with Crippen molar-refractivity contribution in [3.05, 3.63) is 0 Å². The highest BCUT2D eigenvalue weighted by Crippen LogP contribution is 2.20. The van der Waals surface area contributed by atoms with Crippen molar-refractivity contribution in [2.75, 3.05) is 0 Å². The summed E-state index contributed by atoms with van der Waals surface area (Å²) in [5.41, 5.74) is 0. The van der Waals surface area contributed by atoms with Gasteiger partial charge in [-0.2, -0.15) is 0 Å². The van der Waals surface area contributed by atoms with E-state index in [1.54, 1.807) is 0 Å². The van der Waals surface area contributed by atoms with Crippen LogP contribution in [0, 0.1) is 11.8 Å². The van der Waals surface area contributed by atoms with Crippen molar-refractivity contribution in [1.82, 2.24) is 0 Å². The summed E-state index contributed by atoms with van der Waals surface area (Å²) in [6, 6.07) is 0. The van der Waals surface area contributed by atoms with Gasteiger partial charge in [0.25, 0.3) is 0 Å². The van der Waals surface area contributed by atoms with Crippen molar-refractivity contribution in [1.29, 1.82) is 0 Å². The normalized spacial score (nSPS) is 12.5. The molecular weight excluding hydrogens is 368 g/mol. The van der Waals surface area contributed by atoms with Gasteiger partial charge in [0.1, 0.15) is 0 Å². The van der Waals surface area contributed by atoms with E-state index < -0.39 is 5.97 Å². The third-order valence-electron chi connectivity index (χ3n) is 6.59. The molecule has 30 heavy (non-hydrogen) atoms. The molecule has 0 spiro atoms. The zero-order chi connectivity index (χ0) is 22.3. The molecule has 0 heterocycles. The maximum atomic E-state index is 11.5. The van der Waals surface area contributed by atoms with Crippen molar-refractivity contribution >= 4 is 5.97 Å². The molecule has 0 saturated carbocycles. The molecule has 0 aromatic rings. The molecule has 0 aliphatic rings. The molecule has 0 amide bonds. The zero-order valence-corrected chi connectivity index (χ0v) is 21.1. The van der Waals surface area contributed by atoms with Crippen LogP contribution in [0.1, 0.15) is 162 Å². The Balaban J connectivity index is 3.42. The van der Waals surface area contributed by atoms with Gasteiger partial charge in [0.15, 0.2) is 0 Å². The molecule has 0 bridgehead atoms. The van der Waals surface area contributed by atoms with Crippen LogP contribution in [0.15, 0.2) is 0 Å². The van der Waals surface area contributed by atoms with Crippen molar-refractivity contribution in [3.63, 3.8) is 0 Å². The van der Waals surface area contributed by atoms with Crippen molar-refractivity contribution in [3.8, 4) is 0 Å². The molecule has 0 aromatic heterocycles. The molecule has 0 aromatic carbocycles. The minimum Gasteiger partial charge on any atom is -0.481 e. The van der Waals surface area contributed by atoms with Crippen LogP contribution in [0.2, 0.25) is 0 Å². The fourth-order valence-electron chi connectivity index (χ4n) is 4.45. The highest BCUT2D eigenvalue weighted by molar-refractivity contribution is 5.69. The summed E-state index contributed by atoms with van der Waals surface area (Å²) in [5.74, 6) is 0.202. The highest BCUT2D eigenvalue weighted by Gasteiger charge is 2.16.